The summed E-state index contributed by atoms with van der Waals surface area (Å²) in [5.74, 6) is 2.78. The molecule has 2 fully saturated rings. The highest BCUT2D eigenvalue weighted by Crippen LogP contribution is 2.35. The Bertz CT molecular complexity index is 515. The molecule has 1 saturated heterocycles. The van der Waals surface area contributed by atoms with Crippen molar-refractivity contribution < 1.29 is 9.26 Å². The van der Waals surface area contributed by atoms with Crippen molar-refractivity contribution in [2.45, 2.75) is 84.3 Å². The van der Waals surface area contributed by atoms with Crippen LogP contribution in [0.4, 0.5) is 0 Å². The fourth-order valence-electron chi connectivity index (χ4n) is 4.24. The molecule has 1 saturated carbocycles. The highest BCUT2D eigenvalue weighted by molar-refractivity contribution is 4.97. The Morgan fingerprint density at radius 3 is 2.50 bits per heavy atom. The van der Waals surface area contributed by atoms with Crippen molar-refractivity contribution in [1.82, 2.24) is 15.5 Å². The number of hydrogen-bond acceptors (Lipinski definition) is 5. The van der Waals surface area contributed by atoms with E-state index in [9.17, 15) is 0 Å². The molecule has 5 nitrogen and oxygen atoms in total. The van der Waals surface area contributed by atoms with Crippen molar-refractivity contribution in [3.05, 3.63) is 11.7 Å². The topological polar surface area (TPSA) is 60.2 Å². The molecule has 0 radical (unpaired) electrons. The van der Waals surface area contributed by atoms with Crippen LogP contribution in [-0.4, -0.2) is 35.4 Å². The second-order valence-corrected chi connectivity index (χ2v) is 8.57. The van der Waals surface area contributed by atoms with E-state index in [-0.39, 0.29) is 5.41 Å². The van der Waals surface area contributed by atoms with Crippen molar-refractivity contribution >= 4 is 0 Å². The maximum atomic E-state index is 5.99. The Labute approximate surface area is 145 Å². The van der Waals surface area contributed by atoms with Gasteiger partial charge in [-0.25, -0.2) is 0 Å². The van der Waals surface area contributed by atoms with Crippen LogP contribution in [0.25, 0.3) is 0 Å². The summed E-state index contributed by atoms with van der Waals surface area (Å²) < 4.78 is 11.4. The zero-order valence-electron chi connectivity index (χ0n) is 15.7. The molecule has 2 heterocycles. The van der Waals surface area contributed by atoms with Gasteiger partial charge in [-0.15, -0.1) is 0 Å². The summed E-state index contributed by atoms with van der Waals surface area (Å²) in [6.45, 7) is 10.9. The Hall–Kier alpha value is -0.940. The Kier molecular flexibility index (Phi) is 5.60. The number of nitrogens with one attached hydrogen (secondary N) is 1. The number of aromatic nitrogens is 2. The van der Waals surface area contributed by atoms with Gasteiger partial charge in [-0.3, -0.25) is 0 Å². The number of rotatable bonds is 5. The van der Waals surface area contributed by atoms with E-state index in [1.807, 2.05) is 0 Å². The summed E-state index contributed by atoms with van der Waals surface area (Å²) in [6, 6.07) is 0.621. The van der Waals surface area contributed by atoms with Crippen LogP contribution in [-0.2, 0) is 11.2 Å². The van der Waals surface area contributed by atoms with Crippen molar-refractivity contribution in [2.24, 2.45) is 11.3 Å². The van der Waals surface area contributed by atoms with Gasteiger partial charge in [0.05, 0.1) is 6.10 Å². The molecule has 136 valence electrons. The fourth-order valence-corrected chi connectivity index (χ4v) is 4.24. The van der Waals surface area contributed by atoms with Crippen LogP contribution in [0.1, 0.15) is 77.4 Å². The second kappa shape index (κ2) is 7.52. The molecule has 0 aromatic carbocycles. The first-order chi connectivity index (χ1) is 11.5. The first kappa shape index (κ1) is 17.9. The Morgan fingerprint density at radius 1 is 1.12 bits per heavy atom. The predicted octanol–water partition coefficient (Wildman–Crippen LogP) is 3.70. The summed E-state index contributed by atoms with van der Waals surface area (Å²) in [4.78, 5) is 4.51. The largest absolute Gasteiger partial charge is 0.377 e. The number of ether oxygens (including phenoxy) is 1. The summed E-state index contributed by atoms with van der Waals surface area (Å²) in [6.07, 6.45) is 7.10. The molecule has 0 unspecified atom stereocenters. The highest BCUT2D eigenvalue weighted by Gasteiger charge is 2.37. The minimum atomic E-state index is 0.232. The molecule has 0 spiro atoms. The van der Waals surface area contributed by atoms with Crippen LogP contribution in [0.2, 0.25) is 0 Å². The monoisotopic (exact) mass is 335 g/mol. The lowest BCUT2D eigenvalue weighted by molar-refractivity contribution is 0.00654. The summed E-state index contributed by atoms with van der Waals surface area (Å²) in [5, 5.41) is 7.84. The molecule has 0 bridgehead atoms. The number of aryl methyl sites for hydroxylation is 1. The third-order valence-electron chi connectivity index (χ3n) is 5.61. The normalized spacial score (nSPS) is 31.5. The smallest absolute Gasteiger partial charge is 0.229 e. The average molecular weight is 335 g/mol. The molecule has 1 N–H and O–H groups in total. The van der Waals surface area contributed by atoms with Gasteiger partial charge in [0.1, 0.15) is 0 Å². The Balaban J connectivity index is 1.44. The predicted molar refractivity (Wildman–Crippen MR) is 94.0 cm³/mol. The summed E-state index contributed by atoms with van der Waals surface area (Å²) >= 11 is 0. The first-order valence-corrected chi connectivity index (χ1v) is 9.64. The molecular formula is C19H33N3O2. The minimum Gasteiger partial charge on any atom is -0.377 e. The van der Waals surface area contributed by atoms with E-state index in [1.165, 1.54) is 19.3 Å². The molecule has 2 aliphatic rings. The third kappa shape index (κ3) is 4.17. The van der Waals surface area contributed by atoms with Gasteiger partial charge in [-0.2, -0.15) is 4.98 Å². The quantitative estimate of drug-likeness (QED) is 0.889. The van der Waals surface area contributed by atoms with Crippen LogP contribution < -0.4 is 5.32 Å². The number of hydrogen-bond donors (Lipinski definition) is 1. The maximum absolute atomic E-state index is 5.99. The van der Waals surface area contributed by atoms with Crippen molar-refractivity contribution in [3.8, 4) is 0 Å². The van der Waals surface area contributed by atoms with Crippen molar-refractivity contribution in [3.63, 3.8) is 0 Å². The summed E-state index contributed by atoms with van der Waals surface area (Å²) in [7, 11) is 0. The molecule has 1 aromatic heterocycles. The second-order valence-electron chi connectivity index (χ2n) is 8.57. The number of nitrogens with zero attached hydrogens (tertiary/aromatic N) is 2. The van der Waals surface area contributed by atoms with Crippen LogP contribution in [0.15, 0.2) is 4.52 Å². The molecule has 1 aliphatic heterocycles. The lowest BCUT2D eigenvalue weighted by Crippen LogP contribution is -2.41. The van der Waals surface area contributed by atoms with Gasteiger partial charge in [-0.05, 0) is 37.5 Å². The van der Waals surface area contributed by atoms with Gasteiger partial charge < -0.3 is 14.6 Å². The Morgan fingerprint density at radius 2 is 1.88 bits per heavy atom. The molecule has 3 rings (SSSR count). The van der Waals surface area contributed by atoms with E-state index in [4.69, 9.17) is 9.26 Å². The zero-order valence-corrected chi connectivity index (χ0v) is 15.7. The molecule has 0 amide bonds. The van der Waals surface area contributed by atoms with Gasteiger partial charge in [0.2, 0.25) is 5.89 Å². The van der Waals surface area contributed by atoms with Gasteiger partial charge in [0, 0.05) is 37.5 Å². The lowest BCUT2D eigenvalue weighted by Gasteiger charge is -2.33. The molecule has 1 aromatic rings. The van der Waals surface area contributed by atoms with Crippen LogP contribution in [0, 0.1) is 11.3 Å². The molecule has 2 atom stereocenters. The molecule has 24 heavy (non-hydrogen) atoms. The first-order valence-electron chi connectivity index (χ1n) is 9.64. The van der Waals surface area contributed by atoms with Crippen LogP contribution in [0.3, 0.4) is 0 Å². The van der Waals surface area contributed by atoms with E-state index in [0.717, 1.165) is 44.1 Å². The zero-order chi connectivity index (χ0) is 17.2. The van der Waals surface area contributed by atoms with Gasteiger partial charge >= 0.3 is 0 Å². The standard InChI is InChI=1S/C19H33N3O2/c1-5-16-21-18(24-22-16)13-6-8-15(9-7-13)20-12-14-10-11-23-17(14)19(2,3)4/h13-15,17,20H,5-12H2,1-4H3/t13?,14-,15?,17+/m1/s1. The van der Waals surface area contributed by atoms with E-state index < -0.39 is 0 Å². The maximum Gasteiger partial charge on any atom is 0.229 e. The minimum absolute atomic E-state index is 0.232. The highest BCUT2D eigenvalue weighted by atomic mass is 16.5. The van der Waals surface area contributed by atoms with Crippen molar-refractivity contribution in [2.75, 3.05) is 13.2 Å². The lowest BCUT2D eigenvalue weighted by atomic mass is 9.81. The van der Waals surface area contributed by atoms with Gasteiger partial charge in [-0.1, -0.05) is 32.9 Å². The molecule has 1 aliphatic carbocycles. The summed E-state index contributed by atoms with van der Waals surface area (Å²) in [5.41, 5.74) is 0.232. The SMILES string of the molecule is CCc1noc(C2CCC(NC[C@H]3CCO[C@@H]3C(C)(C)C)CC2)n1. The van der Waals surface area contributed by atoms with E-state index in [0.29, 0.717) is 24.0 Å². The van der Waals surface area contributed by atoms with Gasteiger partial charge in [0.15, 0.2) is 5.82 Å². The van der Waals surface area contributed by atoms with Crippen LogP contribution in [0.5, 0.6) is 0 Å². The average Bonchev–Trinajstić information content (AvgIpc) is 3.22. The molecular weight excluding hydrogens is 302 g/mol. The third-order valence-corrected chi connectivity index (χ3v) is 5.61. The van der Waals surface area contributed by atoms with E-state index in [2.05, 4.69) is 43.2 Å². The fraction of sp³-hybridized carbons (Fsp3) is 0.895. The van der Waals surface area contributed by atoms with Crippen LogP contribution >= 0.6 is 0 Å². The van der Waals surface area contributed by atoms with E-state index >= 15 is 0 Å². The van der Waals surface area contributed by atoms with E-state index in [1.54, 1.807) is 0 Å². The van der Waals surface area contributed by atoms with Gasteiger partial charge in [0.25, 0.3) is 0 Å². The van der Waals surface area contributed by atoms with Crippen molar-refractivity contribution in [1.29, 1.82) is 0 Å². The molecule has 5 heteroatoms.